The summed E-state index contributed by atoms with van der Waals surface area (Å²) in [6.07, 6.45) is 1.59. The summed E-state index contributed by atoms with van der Waals surface area (Å²) in [6, 6.07) is 21.9. The molecule has 2 N–H and O–H groups in total. The second-order valence-corrected chi connectivity index (χ2v) is 8.67. The van der Waals surface area contributed by atoms with E-state index in [2.05, 4.69) is 4.98 Å². The van der Waals surface area contributed by atoms with Crippen molar-refractivity contribution in [2.75, 3.05) is 4.90 Å². The summed E-state index contributed by atoms with van der Waals surface area (Å²) < 4.78 is 37.7. The highest BCUT2D eigenvalue weighted by molar-refractivity contribution is 7.81. The van der Waals surface area contributed by atoms with Crippen molar-refractivity contribution in [1.82, 2.24) is 4.98 Å². The van der Waals surface area contributed by atoms with E-state index in [1.807, 2.05) is 30.3 Å². The number of nitrogens with zero attached hydrogens (tertiary/aromatic N) is 2. The predicted octanol–water partition coefficient (Wildman–Crippen LogP) is 4.46. The maximum atomic E-state index is 12.9. The lowest BCUT2D eigenvalue weighted by molar-refractivity contribution is -0.117. The Labute approximate surface area is 197 Å². The van der Waals surface area contributed by atoms with Crippen LogP contribution in [0.15, 0.2) is 85.1 Å². The Balaban J connectivity index is 1.90. The van der Waals surface area contributed by atoms with Crippen molar-refractivity contribution in [2.24, 2.45) is 0 Å². The quantitative estimate of drug-likeness (QED) is 0.377. The number of phenolic OH excluding ortho intramolecular Hbond substituents is 1. The zero-order chi connectivity index (χ0) is 24.3. The Kier molecular flexibility index (Phi) is 6.49. The predicted molar refractivity (Wildman–Crippen MR) is 128 cm³/mol. The summed E-state index contributed by atoms with van der Waals surface area (Å²) in [5, 5.41) is 11.1. The van der Waals surface area contributed by atoms with Gasteiger partial charge in [0.1, 0.15) is 11.3 Å². The van der Waals surface area contributed by atoms with Gasteiger partial charge in [0.2, 0.25) is 5.91 Å². The fourth-order valence-electron chi connectivity index (χ4n) is 3.99. The first-order chi connectivity index (χ1) is 16.2. The van der Waals surface area contributed by atoms with E-state index in [-0.39, 0.29) is 29.3 Å². The molecule has 1 heterocycles. The molecule has 0 aliphatic rings. The van der Waals surface area contributed by atoms with Crippen LogP contribution < -0.4 is 9.08 Å². The van der Waals surface area contributed by atoms with Crippen LogP contribution in [0.5, 0.6) is 11.5 Å². The van der Waals surface area contributed by atoms with Gasteiger partial charge in [0.25, 0.3) is 0 Å². The molecule has 4 aromatic rings. The first kappa shape index (κ1) is 23.2. The third kappa shape index (κ3) is 5.00. The van der Waals surface area contributed by atoms with Gasteiger partial charge in [0, 0.05) is 30.5 Å². The van der Waals surface area contributed by atoms with Gasteiger partial charge in [0.15, 0.2) is 5.75 Å². The molecule has 1 aromatic heterocycles. The third-order valence-electron chi connectivity index (χ3n) is 5.39. The van der Waals surface area contributed by atoms with Crippen LogP contribution >= 0.6 is 0 Å². The molecular weight excluding hydrogens is 456 g/mol. The summed E-state index contributed by atoms with van der Waals surface area (Å²) in [5.41, 5.74) is 1.71. The van der Waals surface area contributed by atoms with Gasteiger partial charge in [0.05, 0.1) is 11.7 Å². The van der Waals surface area contributed by atoms with E-state index in [0.717, 1.165) is 5.56 Å². The Bertz CT molecular complexity index is 1440. The Hall–Kier alpha value is -3.95. The SMILES string of the molecule is CC(=O)N(c1ccccc1O)C(Cc1ccc2cccnc2c1OS(=O)(=O)O)c1ccccc1. The van der Waals surface area contributed by atoms with Gasteiger partial charge >= 0.3 is 10.4 Å². The number of hydrogen-bond acceptors (Lipinski definition) is 6. The zero-order valence-electron chi connectivity index (χ0n) is 18.2. The Morgan fingerprint density at radius 3 is 2.38 bits per heavy atom. The van der Waals surface area contributed by atoms with Gasteiger partial charge < -0.3 is 14.2 Å². The molecule has 0 spiro atoms. The van der Waals surface area contributed by atoms with Gasteiger partial charge in [-0.25, -0.2) is 0 Å². The summed E-state index contributed by atoms with van der Waals surface area (Å²) in [6.45, 7) is 1.39. The first-order valence-electron chi connectivity index (χ1n) is 10.4. The second kappa shape index (κ2) is 9.50. The van der Waals surface area contributed by atoms with Crippen LogP contribution in [0.2, 0.25) is 0 Å². The molecule has 8 nitrogen and oxygen atoms in total. The molecule has 4 rings (SSSR count). The molecule has 0 aliphatic carbocycles. The minimum atomic E-state index is -4.85. The standard InChI is InChI=1S/C25H22N2O6S/c1-17(28)27(21-11-5-6-12-23(21)29)22(18-8-3-2-4-9-18)16-20-14-13-19-10-7-15-26-24(19)25(20)33-34(30,31)32/h2-15,22,29H,16H2,1H3,(H,30,31,32). The molecule has 1 amide bonds. The number of carbonyl (C=O) groups excluding carboxylic acids is 1. The third-order valence-corrected chi connectivity index (χ3v) is 5.77. The summed E-state index contributed by atoms with van der Waals surface area (Å²) in [7, 11) is -4.85. The number of rotatable bonds is 7. The van der Waals surface area contributed by atoms with Crippen LogP contribution in [0.1, 0.15) is 24.1 Å². The monoisotopic (exact) mass is 478 g/mol. The number of benzene rings is 3. The minimum absolute atomic E-state index is 0.0757. The smallest absolute Gasteiger partial charge is 0.446 e. The lowest BCUT2D eigenvalue weighted by Crippen LogP contribution is -2.34. The number of phenols is 1. The van der Waals surface area contributed by atoms with E-state index in [4.69, 9.17) is 4.18 Å². The van der Waals surface area contributed by atoms with Crippen molar-refractivity contribution in [3.63, 3.8) is 0 Å². The van der Waals surface area contributed by atoms with Gasteiger partial charge in [-0.1, -0.05) is 60.7 Å². The highest BCUT2D eigenvalue weighted by Gasteiger charge is 2.29. The zero-order valence-corrected chi connectivity index (χ0v) is 19.0. The lowest BCUT2D eigenvalue weighted by atomic mass is 9.95. The fourth-order valence-corrected chi connectivity index (χ4v) is 4.38. The highest BCUT2D eigenvalue weighted by atomic mass is 32.3. The van der Waals surface area contributed by atoms with Crippen LogP contribution in [0, 0.1) is 0 Å². The summed E-state index contributed by atoms with van der Waals surface area (Å²) >= 11 is 0. The van der Waals surface area contributed by atoms with E-state index in [9.17, 15) is 22.9 Å². The average Bonchev–Trinajstić information content (AvgIpc) is 2.80. The largest absolute Gasteiger partial charge is 0.506 e. The number of hydrogen-bond donors (Lipinski definition) is 2. The number of anilines is 1. The number of aromatic hydroxyl groups is 1. The number of carbonyl (C=O) groups is 1. The topological polar surface area (TPSA) is 117 Å². The maximum absolute atomic E-state index is 12.9. The lowest BCUT2D eigenvalue weighted by Gasteiger charge is -2.32. The number of para-hydroxylation sites is 2. The van der Waals surface area contributed by atoms with Crippen molar-refractivity contribution < 1.29 is 27.1 Å². The normalized spacial score (nSPS) is 12.3. The van der Waals surface area contributed by atoms with E-state index < -0.39 is 16.4 Å². The molecule has 1 unspecified atom stereocenters. The minimum Gasteiger partial charge on any atom is -0.506 e. The van der Waals surface area contributed by atoms with Gasteiger partial charge in [-0.15, -0.1) is 0 Å². The summed E-state index contributed by atoms with van der Waals surface area (Å²) in [5.74, 6) is -0.526. The molecular formula is C25H22N2O6S. The van der Waals surface area contributed by atoms with Crippen molar-refractivity contribution in [3.8, 4) is 11.5 Å². The molecule has 34 heavy (non-hydrogen) atoms. The van der Waals surface area contributed by atoms with Crippen LogP contribution in [-0.2, 0) is 21.6 Å². The average molecular weight is 479 g/mol. The molecule has 0 radical (unpaired) electrons. The van der Waals surface area contributed by atoms with Crippen LogP contribution in [0.4, 0.5) is 5.69 Å². The van der Waals surface area contributed by atoms with Crippen LogP contribution in [0.25, 0.3) is 10.9 Å². The Morgan fingerprint density at radius 2 is 1.71 bits per heavy atom. The van der Waals surface area contributed by atoms with Crippen molar-refractivity contribution in [1.29, 1.82) is 0 Å². The molecule has 9 heteroatoms. The fraction of sp³-hybridized carbons (Fsp3) is 0.120. The van der Waals surface area contributed by atoms with E-state index in [1.54, 1.807) is 42.5 Å². The molecule has 0 aliphatic heterocycles. The summed E-state index contributed by atoms with van der Waals surface area (Å²) in [4.78, 5) is 18.5. The second-order valence-electron chi connectivity index (χ2n) is 7.65. The van der Waals surface area contributed by atoms with Crippen LogP contribution in [-0.4, -0.2) is 29.0 Å². The maximum Gasteiger partial charge on any atom is 0.446 e. The molecule has 0 fully saturated rings. The molecule has 0 bridgehead atoms. The van der Waals surface area contributed by atoms with E-state index >= 15 is 0 Å². The van der Waals surface area contributed by atoms with E-state index in [0.29, 0.717) is 16.6 Å². The van der Waals surface area contributed by atoms with Crippen molar-refractivity contribution >= 4 is 32.9 Å². The van der Waals surface area contributed by atoms with Crippen LogP contribution in [0.3, 0.4) is 0 Å². The molecule has 0 saturated carbocycles. The number of aromatic nitrogens is 1. The molecule has 1 atom stereocenters. The number of pyridine rings is 1. The number of amides is 1. The molecule has 3 aromatic carbocycles. The van der Waals surface area contributed by atoms with Gasteiger partial charge in [-0.2, -0.15) is 8.42 Å². The van der Waals surface area contributed by atoms with Crippen molar-refractivity contribution in [2.45, 2.75) is 19.4 Å². The molecule has 174 valence electrons. The Morgan fingerprint density at radius 1 is 1.00 bits per heavy atom. The first-order valence-corrected chi connectivity index (χ1v) is 11.8. The van der Waals surface area contributed by atoms with Crippen molar-refractivity contribution in [3.05, 3.63) is 96.2 Å². The highest BCUT2D eigenvalue weighted by Crippen LogP contribution is 2.38. The molecule has 0 saturated heterocycles. The van der Waals surface area contributed by atoms with E-state index in [1.165, 1.54) is 24.1 Å². The number of fused-ring (bicyclic) bond motifs is 1. The van der Waals surface area contributed by atoms with Gasteiger partial charge in [-0.3, -0.25) is 14.3 Å². The van der Waals surface area contributed by atoms with Gasteiger partial charge in [-0.05, 0) is 23.8 Å².